The predicted molar refractivity (Wildman–Crippen MR) is 49.3 cm³/mol. The summed E-state index contributed by atoms with van der Waals surface area (Å²) in [7, 11) is 0. The molecule has 14 heavy (non-hydrogen) atoms. The van der Waals surface area contributed by atoms with Crippen molar-refractivity contribution in [2.45, 2.75) is 38.5 Å². The highest BCUT2D eigenvalue weighted by atomic mass is 17.1. The Labute approximate surface area is 83.4 Å². The van der Waals surface area contributed by atoms with Crippen LogP contribution in [0.1, 0.15) is 38.5 Å². The molecule has 0 saturated heterocycles. The third-order valence-electron chi connectivity index (χ3n) is 4.55. The van der Waals surface area contributed by atoms with Gasteiger partial charge in [-0.25, -0.2) is 4.79 Å². The first kappa shape index (κ1) is 8.72. The molecule has 3 nitrogen and oxygen atoms in total. The van der Waals surface area contributed by atoms with Gasteiger partial charge in [0.1, 0.15) is 0 Å². The van der Waals surface area contributed by atoms with E-state index in [2.05, 4.69) is 4.89 Å². The zero-order valence-corrected chi connectivity index (χ0v) is 8.24. The van der Waals surface area contributed by atoms with Gasteiger partial charge in [0.05, 0.1) is 5.41 Å². The highest BCUT2D eigenvalue weighted by Gasteiger charge is 2.55. The molecular formula is C11H16O3. The first-order chi connectivity index (χ1) is 6.72. The van der Waals surface area contributed by atoms with Crippen molar-refractivity contribution < 1.29 is 14.9 Å². The Morgan fingerprint density at radius 2 is 1.50 bits per heavy atom. The second-order valence-electron chi connectivity index (χ2n) is 5.58. The van der Waals surface area contributed by atoms with Gasteiger partial charge in [0.15, 0.2) is 0 Å². The van der Waals surface area contributed by atoms with E-state index in [4.69, 9.17) is 5.26 Å². The maximum Gasteiger partial charge on any atom is 0.348 e. The molecule has 4 saturated carbocycles. The summed E-state index contributed by atoms with van der Waals surface area (Å²) in [6, 6.07) is 0. The Morgan fingerprint density at radius 1 is 1.07 bits per heavy atom. The molecule has 0 aromatic heterocycles. The Bertz CT molecular complexity index is 236. The second-order valence-corrected chi connectivity index (χ2v) is 5.58. The minimum Gasteiger partial charge on any atom is -0.300 e. The van der Waals surface area contributed by atoms with E-state index in [-0.39, 0.29) is 11.4 Å². The smallest absolute Gasteiger partial charge is 0.300 e. The van der Waals surface area contributed by atoms with Crippen LogP contribution < -0.4 is 0 Å². The van der Waals surface area contributed by atoms with Gasteiger partial charge in [0, 0.05) is 0 Å². The highest BCUT2D eigenvalue weighted by molar-refractivity contribution is 5.76. The third kappa shape index (κ3) is 1.05. The van der Waals surface area contributed by atoms with Crippen molar-refractivity contribution in [1.29, 1.82) is 0 Å². The van der Waals surface area contributed by atoms with Crippen molar-refractivity contribution in [2.24, 2.45) is 23.2 Å². The van der Waals surface area contributed by atoms with E-state index in [0.717, 1.165) is 37.0 Å². The lowest BCUT2D eigenvalue weighted by molar-refractivity contribution is -0.254. The van der Waals surface area contributed by atoms with E-state index < -0.39 is 0 Å². The molecule has 4 aliphatic rings. The van der Waals surface area contributed by atoms with Crippen molar-refractivity contribution in [3.05, 3.63) is 0 Å². The van der Waals surface area contributed by atoms with E-state index >= 15 is 0 Å². The Balaban J connectivity index is 1.91. The van der Waals surface area contributed by atoms with Gasteiger partial charge in [-0.3, -0.25) is 0 Å². The molecule has 4 aliphatic carbocycles. The average molecular weight is 196 g/mol. The highest BCUT2D eigenvalue weighted by Crippen LogP contribution is 2.60. The number of carbonyl (C=O) groups is 1. The van der Waals surface area contributed by atoms with Crippen molar-refractivity contribution in [2.75, 3.05) is 0 Å². The zero-order chi connectivity index (χ0) is 9.76. The van der Waals surface area contributed by atoms with Crippen LogP contribution in [-0.2, 0) is 9.68 Å². The summed E-state index contributed by atoms with van der Waals surface area (Å²) in [6.45, 7) is 0. The molecule has 0 aromatic rings. The summed E-state index contributed by atoms with van der Waals surface area (Å²) < 4.78 is 0. The molecule has 4 rings (SSSR count). The van der Waals surface area contributed by atoms with Crippen LogP contribution in [0.15, 0.2) is 0 Å². The molecule has 0 unspecified atom stereocenters. The van der Waals surface area contributed by atoms with E-state index in [9.17, 15) is 4.79 Å². The van der Waals surface area contributed by atoms with Crippen LogP contribution >= 0.6 is 0 Å². The molecule has 1 N–H and O–H groups in total. The summed E-state index contributed by atoms with van der Waals surface area (Å²) in [5.41, 5.74) is -0.302. The molecular weight excluding hydrogens is 180 g/mol. The minimum atomic E-state index is -0.364. The van der Waals surface area contributed by atoms with Gasteiger partial charge in [-0.1, -0.05) is 0 Å². The van der Waals surface area contributed by atoms with Crippen LogP contribution in [0, 0.1) is 23.2 Å². The number of carbonyl (C=O) groups excluding carboxylic acids is 1. The first-order valence-corrected chi connectivity index (χ1v) is 5.58. The van der Waals surface area contributed by atoms with Crippen molar-refractivity contribution in [1.82, 2.24) is 0 Å². The van der Waals surface area contributed by atoms with Gasteiger partial charge >= 0.3 is 5.97 Å². The van der Waals surface area contributed by atoms with Crippen LogP contribution in [-0.4, -0.2) is 11.2 Å². The second kappa shape index (κ2) is 2.72. The molecule has 0 atom stereocenters. The monoisotopic (exact) mass is 196 g/mol. The number of rotatable bonds is 1. The van der Waals surface area contributed by atoms with Crippen molar-refractivity contribution in [3.8, 4) is 0 Å². The minimum absolute atomic E-state index is 0.302. The molecule has 0 aliphatic heterocycles. The lowest BCUT2D eigenvalue weighted by atomic mass is 9.49. The predicted octanol–water partition coefficient (Wildman–Crippen LogP) is 2.22. The SMILES string of the molecule is O=C(OO)C12CC3CC(CC(C3)C1)C2. The van der Waals surface area contributed by atoms with Crippen molar-refractivity contribution >= 4 is 5.97 Å². The van der Waals surface area contributed by atoms with Gasteiger partial charge in [-0.2, -0.15) is 5.26 Å². The number of hydrogen-bond donors (Lipinski definition) is 1. The maximum absolute atomic E-state index is 11.6. The van der Waals surface area contributed by atoms with Gasteiger partial charge in [-0.05, 0) is 56.3 Å². The first-order valence-electron chi connectivity index (χ1n) is 5.58. The van der Waals surface area contributed by atoms with Crippen LogP contribution in [0.4, 0.5) is 0 Å². The molecule has 0 spiro atoms. The van der Waals surface area contributed by atoms with Crippen LogP contribution in [0.25, 0.3) is 0 Å². The summed E-state index contributed by atoms with van der Waals surface area (Å²) in [5, 5.41) is 8.55. The lowest BCUT2D eigenvalue weighted by Gasteiger charge is -2.54. The van der Waals surface area contributed by atoms with Gasteiger partial charge in [-0.15, -0.1) is 0 Å². The fourth-order valence-electron chi connectivity index (χ4n) is 4.46. The molecule has 4 fully saturated rings. The zero-order valence-electron chi connectivity index (χ0n) is 8.24. The van der Waals surface area contributed by atoms with E-state index in [0.29, 0.717) is 0 Å². The molecule has 3 heteroatoms. The van der Waals surface area contributed by atoms with Crippen LogP contribution in [0.3, 0.4) is 0 Å². The average Bonchev–Trinajstić information content (AvgIpc) is 2.14. The molecule has 78 valence electrons. The summed E-state index contributed by atoms with van der Waals surface area (Å²) in [6.07, 6.45) is 6.78. The lowest BCUT2D eigenvalue weighted by Crippen LogP contribution is -2.50. The number of hydrogen-bond acceptors (Lipinski definition) is 3. The molecule has 0 aromatic carbocycles. The van der Waals surface area contributed by atoms with E-state index in [1.54, 1.807) is 0 Å². The quantitative estimate of drug-likeness (QED) is 0.516. The van der Waals surface area contributed by atoms with Gasteiger partial charge in [0.25, 0.3) is 0 Å². The van der Waals surface area contributed by atoms with E-state index in [1.807, 2.05) is 0 Å². The molecule has 0 radical (unpaired) electrons. The topological polar surface area (TPSA) is 46.5 Å². The molecule has 0 heterocycles. The molecule has 0 amide bonds. The Kier molecular flexibility index (Phi) is 1.69. The largest absolute Gasteiger partial charge is 0.348 e. The van der Waals surface area contributed by atoms with E-state index in [1.165, 1.54) is 19.3 Å². The summed E-state index contributed by atoms with van der Waals surface area (Å²) in [4.78, 5) is 15.6. The Hall–Kier alpha value is -0.570. The summed E-state index contributed by atoms with van der Waals surface area (Å²) >= 11 is 0. The van der Waals surface area contributed by atoms with Gasteiger partial charge < -0.3 is 4.89 Å². The van der Waals surface area contributed by atoms with Crippen LogP contribution in [0.5, 0.6) is 0 Å². The van der Waals surface area contributed by atoms with Crippen LogP contribution in [0.2, 0.25) is 0 Å². The Morgan fingerprint density at radius 3 is 1.86 bits per heavy atom. The van der Waals surface area contributed by atoms with Gasteiger partial charge in [0.2, 0.25) is 0 Å². The fourth-order valence-corrected chi connectivity index (χ4v) is 4.46. The maximum atomic E-state index is 11.6. The standard InChI is InChI=1S/C11H16O3/c12-10(14-13)11-4-7-1-8(5-11)3-9(2-7)6-11/h7-9,13H,1-6H2. The normalized spacial score (nSPS) is 49.4. The third-order valence-corrected chi connectivity index (χ3v) is 4.55. The fraction of sp³-hybridized carbons (Fsp3) is 0.909. The summed E-state index contributed by atoms with van der Waals surface area (Å²) in [5.74, 6) is 1.80. The molecule has 4 bridgehead atoms. The van der Waals surface area contributed by atoms with Crippen molar-refractivity contribution in [3.63, 3.8) is 0 Å².